The van der Waals surface area contributed by atoms with E-state index in [-0.39, 0.29) is 11.7 Å². The second-order valence-corrected chi connectivity index (χ2v) is 3.44. The Morgan fingerprint density at radius 3 is 2.80 bits per heavy atom. The van der Waals surface area contributed by atoms with Crippen LogP contribution in [-0.2, 0) is 4.79 Å². The number of aldehydes is 1. The van der Waals surface area contributed by atoms with Crippen molar-refractivity contribution in [2.45, 2.75) is 25.7 Å². The molecular weight excluding hydrogens is 192 g/mol. The second kappa shape index (κ2) is 5.39. The van der Waals surface area contributed by atoms with Gasteiger partial charge in [-0.05, 0) is 30.0 Å². The summed E-state index contributed by atoms with van der Waals surface area (Å²) in [5, 5.41) is 9.42. The molecule has 0 radical (unpaired) electrons. The van der Waals surface area contributed by atoms with Crippen molar-refractivity contribution in [3.05, 3.63) is 23.8 Å². The zero-order chi connectivity index (χ0) is 11.3. The maximum absolute atomic E-state index is 10.5. The molecule has 0 bridgehead atoms. The number of hydrogen-bond acceptors (Lipinski definition) is 3. The first-order valence-electron chi connectivity index (χ1n) is 5.03. The minimum atomic E-state index is 0.127. The minimum absolute atomic E-state index is 0.127. The predicted molar refractivity (Wildman–Crippen MR) is 58.4 cm³/mol. The zero-order valence-corrected chi connectivity index (χ0v) is 9.06. The fraction of sp³-hybridized carbons (Fsp3) is 0.417. The van der Waals surface area contributed by atoms with Crippen molar-refractivity contribution in [2.24, 2.45) is 0 Å². The molecule has 3 nitrogen and oxygen atoms in total. The van der Waals surface area contributed by atoms with Gasteiger partial charge in [0.1, 0.15) is 6.29 Å². The van der Waals surface area contributed by atoms with Gasteiger partial charge < -0.3 is 14.6 Å². The quantitative estimate of drug-likeness (QED) is 0.756. The van der Waals surface area contributed by atoms with Crippen LogP contribution in [-0.4, -0.2) is 18.5 Å². The van der Waals surface area contributed by atoms with Crippen LogP contribution in [0.25, 0.3) is 0 Å². The number of methoxy groups -OCH3 is 1. The average molecular weight is 208 g/mol. The highest BCUT2D eigenvalue weighted by atomic mass is 16.5. The molecule has 0 saturated heterocycles. The lowest BCUT2D eigenvalue weighted by Gasteiger charge is -2.13. The van der Waals surface area contributed by atoms with E-state index in [1.54, 1.807) is 12.1 Å². The monoisotopic (exact) mass is 208 g/mol. The number of rotatable bonds is 5. The van der Waals surface area contributed by atoms with Crippen molar-refractivity contribution >= 4 is 6.29 Å². The Kier molecular flexibility index (Phi) is 4.16. The van der Waals surface area contributed by atoms with Crippen LogP contribution in [0.3, 0.4) is 0 Å². The van der Waals surface area contributed by atoms with Gasteiger partial charge in [0.15, 0.2) is 11.5 Å². The molecule has 1 atom stereocenters. The molecule has 1 aromatic rings. The number of hydrogen-bond donors (Lipinski definition) is 1. The number of carbonyl (C=O) groups is 1. The fourth-order valence-corrected chi connectivity index (χ4v) is 1.60. The molecule has 1 N–H and O–H groups in total. The molecule has 0 aliphatic heterocycles. The van der Waals surface area contributed by atoms with E-state index in [4.69, 9.17) is 4.74 Å². The highest BCUT2D eigenvalue weighted by molar-refractivity contribution is 5.52. The first kappa shape index (κ1) is 11.6. The summed E-state index contributed by atoms with van der Waals surface area (Å²) in [4.78, 5) is 10.5. The molecule has 0 aliphatic rings. The smallest absolute Gasteiger partial charge is 0.160 e. The van der Waals surface area contributed by atoms with E-state index in [9.17, 15) is 9.90 Å². The van der Waals surface area contributed by atoms with Crippen LogP contribution in [0.15, 0.2) is 18.2 Å². The molecule has 0 heterocycles. The summed E-state index contributed by atoms with van der Waals surface area (Å²) in [6.45, 7) is 2.04. The summed E-state index contributed by atoms with van der Waals surface area (Å²) in [6, 6.07) is 5.21. The molecule has 1 unspecified atom stereocenters. The van der Waals surface area contributed by atoms with Crippen molar-refractivity contribution in [1.29, 1.82) is 0 Å². The van der Waals surface area contributed by atoms with E-state index in [0.717, 1.165) is 18.3 Å². The Hall–Kier alpha value is -1.51. The third kappa shape index (κ3) is 2.72. The molecule has 0 spiro atoms. The fourth-order valence-electron chi connectivity index (χ4n) is 1.60. The van der Waals surface area contributed by atoms with Crippen LogP contribution in [0.2, 0.25) is 0 Å². The number of carbonyl (C=O) groups excluding carboxylic acids is 1. The number of benzene rings is 1. The van der Waals surface area contributed by atoms with E-state index in [0.29, 0.717) is 12.2 Å². The Bertz CT molecular complexity index is 334. The Morgan fingerprint density at radius 1 is 1.53 bits per heavy atom. The standard InChI is InChI=1S/C12H16O3/c1-3-9(6-7-13)10-4-5-11(14)12(8-10)15-2/h4-5,7-9,14H,3,6H2,1-2H3. The highest BCUT2D eigenvalue weighted by Crippen LogP contribution is 2.31. The van der Waals surface area contributed by atoms with Gasteiger partial charge in [-0.25, -0.2) is 0 Å². The van der Waals surface area contributed by atoms with Crippen LogP contribution in [0.4, 0.5) is 0 Å². The summed E-state index contributed by atoms with van der Waals surface area (Å²) in [5.41, 5.74) is 1.03. The molecule has 0 aliphatic carbocycles. The lowest BCUT2D eigenvalue weighted by Crippen LogP contribution is -1.98. The number of ether oxygens (including phenoxy) is 1. The van der Waals surface area contributed by atoms with Gasteiger partial charge in [-0.1, -0.05) is 13.0 Å². The maximum Gasteiger partial charge on any atom is 0.160 e. The van der Waals surface area contributed by atoms with Gasteiger partial charge in [-0.3, -0.25) is 0 Å². The molecular formula is C12H16O3. The second-order valence-electron chi connectivity index (χ2n) is 3.44. The van der Waals surface area contributed by atoms with Gasteiger partial charge in [0.05, 0.1) is 7.11 Å². The first-order chi connectivity index (χ1) is 7.22. The van der Waals surface area contributed by atoms with Crippen LogP contribution in [0.1, 0.15) is 31.2 Å². The van der Waals surface area contributed by atoms with Crippen LogP contribution in [0.5, 0.6) is 11.5 Å². The molecule has 0 saturated carbocycles. The minimum Gasteiger partial charge on any atom is -0.504 e. The lowest BCUT2D eigenvalue weighted by molar-refractivity contribution is -0.108. The van der Waals surface area contributed by atoms with Gasteiger partial charge in [0.25, 0.3) is 0 Å². The molecule has 0 aromatic heterocycles. The molecule has 3 heteroatoms. The molecule has 15 heavy (non-hydrogen) atoms. The van der Waals surface area contributed by atoms with Gasteiger partial charge in [0.2, 0.25) is 0 Å². The Balaban J connectivity index is 2.97. The van der Waals surface area contributed by atoms with Crippen molar-refractivity contribution in [3.8, 4) is 11.5 Å². The molecule has 1 aromatic carbocycles. The third-order valence-electron chi connectivity index (χ3n) is 2.55. The average Bonchev–Trinajstić information content (AvgIpc) is 2.27. The van der Waals surface area contributed by atoms with Crippen molar-refractivity contribution < 1.29 is 14.6 Å². The Labute approximate surface area is 89.7 Å². The van der Waals surface area contributed by atoms with Crippen molar-refractivity contribution in [3.63, 3.8) is 0 Å². The summed E-state index contributed by atoms with van der Waals surface area (Å²) < 4.78 is 5.02. The van der Waals surface area contributed by atoms with Crippen LogP contribution in [0, 0.1) is 0 Å². The van der Waals surface area contributed by atoms with Crippen molar-refractivity contribution in [2.75, 3.05) is 7.11 Å². The van der Waals surface area contributed by atoms with Gasteiger partial charge in [-0.15, -0.1) is 0 Å². The summed E-state index contributed by atoms with van der Waals surface area (Å²) in [6.07, 6.45) is 2.32. The first-order valence-corrected chi connectivity index (χ1v) is 5.03. The van der Waals surface area contributed by atoms with E-state index in [2.05, 4.69) is 0 Å². The van der Waals surface area contributed by atoms with Crippen LogP contribution >= 0.6 is 0 Å². The molecule has 1 rings (SSSR count). The van der Waals surface area contributed by atoms with E-state index in [1.165, 1.54) is 7.11 Å². The van der Waals surface area contributed by atoms with E-state index < -0.39 is 0 Å². The number of phenols is 1. The molecule has 0 amide bonds. The Morgan fingerprint density at radius 2 is 2.27 bits per heavy atom. The zero-order valence-electron chi connectivity index (χ0n) is 9.06. The third-order valence-corrected chi connectivity index (χ3v) is 2.55. The largest absolute Gasteiger partial charge is 0.504 e. The van der Waals surface area contributed by atoms with Crippen molar-refractivity contribution in [1.82, 2.24) is 0 Å². The number of phenolic OH excluding ortho intramolecular Hbond substituents is 1. The van der Waals surface area contributed by atoms with Gasteiger partial charge in [-0.2, -0.15) is 0 Å². The highest BCUT2D eigenvalue weighted by Gasteiger charge is 2.11. The normalized spacial score (nSPS) is 12.1. The lowest BCUT2D eigenvalue weighted by atomic mass is 9.93. The van der Waals surface area contributed by atoms with E-state index in [1.807, 2.05) is 13.0 Å². The summed E-state index contributed by atoms with van der Waals surface area (Å²) in [7, 11) is 1.51. The predicted octanol–water partition coefficient (Wildman–Crippen LogP) is 2.48. The summed E-state index contributed by atoms with van der Waals surface area (Å²) in [5.74, 6) is 0.788. The maximum atomic E-state index is 10.5. The topological polar surface area (TPSA) is 46.5 Å². The van der Waals surface area contributed by atoms with Crippen LogP contribution < -0.4 is 4.74 Å². The summed E-state index contributed by atoms with van der Waals surface area (Å²) >= 11 is 0. The van der Waals surface area contributed by atoms with Gasteiger partial charge >= 0.3 is 0 Å². The molecule has 0 fully saturated rings. The van der Waals surface area contributed by atoms with Gasteiger partial charge in [0, 0.05) is 6.42 Å². The SMILES string of the molecule is CCC(CC=O)c1ccc(O)c(OC)c1. The number of aromatic hydroxyl groups is 1. The van der Waals surface area contributed by atoms with E-state index >= 15 is 0 Å². The molecule has 82 valence electrons.